The summed E-state index contributed by atoms with van der Waals surface area (Å²) in [6, 6.07) is 3.43. The number of nitrogens with one attached hydrogen (secondary N) is 2. The number of amides is 2. The predicted octanol–water partition coefficient (Wildman–Crippen LogP) is 1.71. The largest absolute Gasteiger partial charge is 0.416 e. The second-order valence-corrected chi connectivity index (χ2v) is 4.54. The monoisotopic (exact) mass is 286 g/mol. The van der Waals surface area contributed by atoms with Gasteiger partial charge in [0.1, 0.15) is 6.04 Å². The molecule has 20 heavy (non-hydrogen) atoms. The smallest absolute Gasteiger partial charge is 0.354 e. The molecule has 0 bridgehead atoms. The van der Waals surface area contributed by atoms with Gasteiger partial charge in [-0.15, -0.1) is 0 Å². The van der Waals surface area contributed by atoms with Crippen LogP contribution in [0.3, 0.4) is 0 Å². The first-order valence-electron chi connectivity index (χ1n) is 6.14. The lowest BCUT2D eigenvalue weighted by Crippen LogP contribution is -2.50. The highest BCUT2D eigenvalue weighted by Crippen LogP contribution is 2.29. The fourth-order valence-electron chi connectivity index (χ4n) is 1.99. The molecule has 2 amide bonds. The van der Waals surface area contributed by atoms with Crippen LogP contribution in [0.15, 0.2) is 24.3 Å². The van der Waals surface area contributed by atoms with E-state index in [1.54, 1.807) is 0 Å². The van der Waals surface area contributed by atoms with E-state index in [2.05, 4.69) is 10.6 Å². The molecule has 1 saturated heterocycles. The molecular weight excluding hydrogens is 273 g/mol. The van der Waals surface area contributed by atoms with Gasteiger partial charge in [0.2, 0.25) is 5.91 Å². The lowest BCUT2D eigenvalue weighted by atomic mass is 10.1. The molecule has 1 atom stereocenters. The second kappa shape index (κ2) is 5.52. The van der Waals surface area contributed by atoms with Crippen molar-refractivity contribution in [3.8, 4) is 0 Å². The van der Waals surface area contributed by atoms with Crippen LogP contribution in [0.2, 0.25) is 0 Å². The number of hydrogen-bond acceptors (Lipinski definition) is 2. The third kappa shape index (κ3) is 3.28. The average molecular weight is 286 g/mol. The van der Waals surface area contributed by atoms with E-state index in [1.807, 2.05) is 0 Å². The summed E-state index contributed by atoms with van der Waals surface area (Å²) >= 11 is 0. The van der Waals surface area contributed by atoms with E-state index in [1.165, 1.54) is 12.1 Å². The molecule has 0 radical (unpaired) electrons. The van der Waals surface area contributed by atoms with E-state index in [0.29, 0.717) is 13.0 Å². The first kappa shape index (κ1) is 14.4. The fourth-order valence-corrected chi connectivity index (χ4v) is 1.99. The second-order valence-electron chi connectivity index (χ2n) is 4.54. The van der Waals surface area contributed by atoms with E-state index >= 15 is 0 Å². The van der Waals surface area contributed by atoms with Gasteiger partial charge in [-0.3, -0.25) is 9.59 Å². The molecule has 1 fully saturated rings. The zero-order valence-corrected chi connectivity index (χ0v) is 10.5. The van der Waals surface area contributed by atoms with Crippen LogP contribution in [0.5, 0.6) is 0 Å². The van der Waals surface area contributed by atoms with Gasteiger partial charge in [0.05, 0.1) is 5.56 Å². The summed E-state index contributed by atoms with van der Waals surface area (Å²) in [6.45, 7) is 0.550. The van der Waals surface area contributed by atoms with Crippen molar-refractivity contribution in [1.82, 2.24) is 10.6 Å². The van der Waals surface area contributed by atoms with Crippen LogP contribution in [-0.4, -0.2) is 24.4 Å². The van der Waals surface area contributed by atoms with Gasteiger partial charge in [-0.1, -0.05) is 6.07 Å². The van der Waals surface area contributed by atoms with E-state index < -0.39 is 23.7 Å². The lowest BCUT2D eigenvalue weighted by molar-refractivity contribution is -0.137. The molecule has 1 aliphatic rings. The molecule has 1 heterocycles. The van der Waals surface area contributed by atoms with Gasteiger partial charge in [0, 0.05) is 12.1 Å². The minimum atomic E-state index is -4.50. The maximum Gasteiger partial charge on any atom is 0.416 e. The Balaban J connectivity index is 2.11. The Labute approximate surface area is 113 Å². The van der Waals surface area contributed by atoms with Crippen LogP contribution < -0.4 is 10.6 Å². The Morgan fingerprint density at radius 2 is 2.10 bits per heavy atom. The molecule has 7 heteroatoms. The Morgan fingerprint density at radius 3 is 2.75 bits per heavy atom. The molecule has 0 spiro atoms. The summed E-state index contributed by atoms with van der Waals surface area (Å²) in [4.78, 5) is 23.4. The topological polar surface area (TPSA) is 58.2 Å². The summed E-state index contributed by atoms with van der Waals surface area (Å²) in [6.07, 6.45) is -3.30. The van der Waals surface area contributed by atoms with Crippen molar-refractivity contribution < 1.29 is 22.8 Å². The highest BCUT2D eigenvalue weighted by atomic mass is 19.4. The third-order valence-electron chi connectivity index (χ3n) is 3.04. The van der Waals surface area contributed by atoms with Crippen LogP contribution in [0.25, 0.3) is 0 Å². The van der Waals surface area contributed by atoms with Crippen LogP contribution in [0, 0.1) is 0 Å². The van der Waals surface area contributed by atoms with Crippen LogP contribution in [0.1, 0.15) is 28.8 Å². The van der Waals surface area contributed by atoms with Gasteiger partial charge >= 0.3 is 6.18 Å². The Bertz CT molecular complexity index is 529. The summed E-state index contributed by atoms with van der Waals surface area (Å²) in [5.74, 6) is -0.991. The number of carbonyl (C=O) groups excluding carboxylic acids is 2. The molecule has 0 aromatic heterocycles. The van der Waals surface area contributed by atoms with Gasteiger partial charge in [0.15, 0.2) is 0 Å². The Hall–Kier alpha value is -2.05. The highest BCUT2D eigenvalue weighted by molar-refractivity contribution is 5.97. The Kier molecular flexibility index (Phi) is 3.96. The first-order chi connectivity index (χ1) is 9.38. The van der Waals surface area contributed by atoms with Crippen LogP contribution >= 0.6 is 0 Å². The summed E-state index contributed by atoms with van der Waals surface area (Å²) < 4.78 is 37.7. The minimum absolute atomic E-state index is 0.113. The number of benzene rings is 1. The number of alkyl halides is 3. The molecule has 2 rings (SSSR count). The third-order valence-corrected chi connectivity index (χ3v) is 3.04. The van der Waals surface area contributed by atoms with E-state index in [9.17, 15) is 22.8 Å². The molecular formula is C13H13F3N2O2. The van der Waals surface area contributed by atoms with Crippen molar-refractivity contribution >= 4 is 11.8 Å². The number of hydrogen-bond donors (Lipinski definition) is 2. The SMILES string of the molecule is O=C(N[C@@H]1CCCNC1=O)c1cccc(C(F)(F)F)c1. The minimum Gasteiger partial charge on any atom is -0.354 e. The normalized spacial score (nSPS) is 19.4. The predicted molar refractivity (Wildman–Crippen MR) is 64.9 cm³/mol. The van der Waals surface area contributed by atoms with Gasteiger partial charge in [0.25, 0.3) is 5.91 Å². The maximum absolute atomic E-state index is 12.6. The quantitative estimate of drug-likeness (QED) is 0.869. The Morgan fingerprint density at radius 1 is 1.35 bits per heavy atom. The van der Waals surface area contributed by atoms with Gasteiger partial charge in [-0.2, -0.15) is 13.2 Å². The molecule has 0 saturated carbocycles. The molecule has 0 unspecified atom stereocenters. The lowest BCUT2D eigenvalue weighted by Gasteiger charge is -2.22. The molecule has 1 aromatic rings. The van der Waals surface area contributed by atoms with Crippen LogP contribution in [0.4, 0.5) is 13.2 Å². The van der Waals surface area contributed by atoms with Crippen molar-refractivity contribution in [3.05, 3.63) is 35.4 Å². The number of carbonyl (C=O) groups is 2. The zero-order chi connectivity index (χ0) is 14.8. The first-order valence-corrected chi connectivity index (χ1v) is 6.14. The van der Waals surface area contributed by atoms with Crippen molar-refractivity contribution in [2.75, 3.05) is 6.54 Å². The van der Waals surface area contributed by atoms with Crippen LogP contribution in [-0.2, 0) is 11.0 Å². The van der Waals surface area contributed by atoms with E-state index in [-0.39, 0.29) is 11.5 Å². The van der Waals surface area contributed by atoms with Crippen molar-refractivity contribution in [2.45, 2.75) is 25.1 Å². The highest BCUT2D eigenvalue weighted by Gasteiger charge is 2.31. The summed E-state index contributed by atoms with van der Waals surface area (Å²) in [7, 11) is 0. The average Bonchev–Trinajstić information content (AvgIpc) is 2.40. The maximum atomic E-state index is 12.6. The van der Waals surface area contributed by atoms with E-state index in [0.717, 1.165) is 18.6 Å². The van der Waals surface area contributed by atoms with Crippen molar-refractivity contribution in [1.29, 1.82) is 0 Å². The molecule has 2 N–H and O–H groups in total. The fraction of sp³-hybridized carbons (Fsp3) is 0.385. The van der Waals surface area contributed by atoms with Crippen molar-refractivity contribution in [3.63, 3.8) is 0 Å². The van der Waals surface area contributed by atoms with Crippen molar-refractivity contribution in [2.24, 2.45) is 0 Å². The summed E-state index contributed by atoms with van der Waals surface area (Å²) in [5.41, 5.74) is -1.00. The molecule has 4 nitrogen and oxygen atoms in total. The zero-order valence-electron chi connectivity index (χ0n) is 10.5. The standard InChI is InChI=1S/C13H13F3N2O2/c14-13(15,16)9-4-1-3-8(7-9)11(19)18-10-5-2-6-17-12(10)20/h1,3-4,7,10H,2,5-6H2,(H,17,20)(H,18,19)/t10-/m1/s1. The number of rotatable bonds is 2. The molecule has 1 aliphatic heterocycles. The molecule has 0 aliphatic carbocycles. The summed E-state index contributed by atoms with van der Waals surface area (Å²) in [5, 5.41) is 5.04. The molecule has 108 valence electrons. The van der Waals surface area contributed by atoms with Gasteiger partial charge < -0.3 is 10.6 Å². The number of halogens is 3. The van der Waals surface area contributed by atoms with E-state index in [4.69, 9.17) is 0 Å². The number of piperidine rings is 1. The molecule has 1 aromatic carbocycles. The van der Waals surface area contributed by atoms with Gasteiger partial charge in [-0.25, -0.2) is 0 Å². The van der Waals surface area contributed by atoms with Gasteiger partial charge in [-0.05, 0) is 31.0 Å².